The van der Waals surface area contributed by atoms with Crippen molar-refractivity contribution in [3.63, 3.8) is 0 Å². The first kappa shape index (κ1) is 18.1. The van der Waals surface area contributed by atoms with Gasteiger partial charge < -0.3 is 15.4 Å². The summed E-state index contributed by atoms with van der Waals surface area (Å²) in [7, 11) is 0. The molecule has 108 valence electrons. The summed E-state index contributed by atoms with van der Waals surface area (Å²) >= 11 is 0. The Balaban J connectivity index is 0.00000162. The van der Waals surface area contributed by atoms with Crippen LogP contribution < -0.4 is 10.6 Å². The number of nitrogens with zero attached hydrogens (tertiary/aromatic N) is 1. The van der Waals surface area contributed by atoms with Gasteiger partial charge in [0, 0.05) is 19.3 Å². The van der Waals surface area contributed by atoms with Gasteiger partial charge in [0.05, 0.1) is 18.3 Å². The van der Waals surface area contributed by atoms with Gasteiger partial charge in [-0.1, -0.05) is 6.07 Å². The van der Waals surface area contributed by atoms with E-state index in [1.54, 1.807) is 6.20 Å². The molecule has 2 unspecified atom stereocenters. The van der Waals surface area contributed by atoms with E-state index in [-0.39, 0.29) is 36.8 Å². The molecule has 7 heteroatoms. The molecule has 1 aromatic heterocycles. The highest BCUT2D eigenvalue weighted by atomic mass is 35.5. The van der Waals surface area contributed by atoms with Gasteiger partial charge in [0.25, 0.3) is 5.91 Å². The van der Waals surface area contributed by atoms with Crippen molar-refractivity contribution in [3.8, 4) is 0 Å². The standard InChI is InChI=1S/C12H17N3O2.2ClH/c1-9(10-4-2-3-5-14-10)15-12(16)11-8-13-6-7-17-11;;/h2-5,9,11,13H,6-8H2,1H3,(H,15,16);2*1H. The Bertz CT molecular complexity index is 372. The Hall–Kier alpha value is -0.880. The van der Waals surface area contributed by atoms with E-state index in [1.165, 1.54) is 0 Å². The molecule has 0 radical (unpaired) electrons. The first-order valence-electron chi connectivity index (χ1n) is 5.81. The fraction of sp³-hybridized carbons (Fsp3) is 0.500. The van der Waals surface area contributed by atoms with Crippen molar-refractivity contribution in [2.24, 2.45) is 0 Å². The van der Waals surface area contributed by atoms with Crippen LogP contribution in [0.25, 0.3) is 0 Å². The third kappa shape index (κ3) is 5.32. The van der Waals surface area contributed by atoms with Crippen LogP contribution in [0.2, 0.25) is 0 Å². The molecule has 2 heterocycles. The fourth-order valence-electron chi connectivity index (χ4n) is 1.75. The zero-order valence-electron chi connectivity index (χ0n) is 10.7. The van der Waals surface area contributed by atoms with Gasteiger partial charge in [0.2, 0.25) is 0 Å². The molecule has 2 N–H and O–H groups in total. The topological polar surface area (TPSA) is 63.2 Å². The van der Waals surface area contributed by atoms with Crippen LogP contribution in [0.15, 0.2) is 24.4 Å². The first-order chi connectivity index (χ1) is 8.27. The van der Waals surface area contributed by atoms with Crippen LogP contribution >= 0.6 is 24.8 Å². The van der Waals surface area contributed by atoms with Crippen molar-refractivity contribution < 1.29 is 9.53 Å². The number of ether oxygens (including phenoxy) is 1. The second-order valence-electron chi connectivity index (χ2n) is 4.05. The summed E-state index contributed by atoms with van der Waals surface area (Å²) in [5.74, 6) is -0.0876. The quantitative estimate of drug-likeness (QED) is 0.877. The number of amides is 1. The van der Waals surface area contributed by atoms with Crippen LogP contribution in [0.3, 0.4) is 0 Å². The zero-order chi connectivity index (χ0) is 12.1. The predicted octanol–water partition coefficient (Wildman–Crippen LogP) is 1.09. The summed E-state index contributed by atoms with van der Waals surface area (Å²) in [4.78, 5) is 16.1. The number of halogens is 2. The number of carbonyl (C=O) groups excluding carboxylic acids is 1. The van der Waals surface area contributed by atoms with Crippen molar-refractivity contribution in [2.45, 2.75) is 19.1 Å². The van der Waals surface area contributed by atoms with E-state index >= 15 is 0 Å². The van der Waals surface area contributed by atoms with Crippen molar-refractivity contribution in [3.05, 3.63) is 30.1 Å². The third-order valence-corrected chi connectivity index (χ3v) is 2.71. The van der Waals surface area contributed by atoms with Crippen LogP contribution in [0.1, 0.15) is 18.7 Å². The lowest BCUT2D eigenvalue weighted by atomic mass is 10.2. The molecule has 0 aliphatic carbocycles. The van der Waals surface area contributed by atoms with E-state index in [4.69, 9.17) is 4.74 Å². The van der Waals surface area contributed by atoms with Gasteiger partial charge >= 0.3 is 0 Å². The van der Waals surface area contributed by atoms with Crippen LogP contribution in [0.5, 0.6) is 0 Å². The molecule has 1 aromatic rings. The number of carbonyl (C=O) groups is 1. The second kappa shape index (κ2) is 9.09. The number of aromatic nitrogens is 1. The summed E-state index contributed by atoms with van der Waals surface area (Å²) in [5.41, 5.74) is 0.851. The molecule has 5 nitrogen and oxygen atoms in total. The van der Waals surface area contributed by atoms with Gasteiger partial charge in [-0.05, 0) is 19.1 Å². The second-order valence-corrected chi connectivity index (χ2v) is 4.05. The van der Waals surface area contributed by atoms with E-state index in [0.717, 1.165) is 12.2 Å². The summed E-state index contributed by atoms with van der Waals surface area (Å²) < 4.78 is 5.38. The Morgan fingerprint density at radius 3 is 2.89 bits per heavy atom. The smallest absolute Gasteiger partial charge is 0.250 e. The largest absolute Gasteiger partial charge is 0.366 e. The van der Waals surface area contributed by atoms with Crippen molar-refractivity contribution >= 4 is 30.7 Å². The first-order valence-corrected chi connectivity index (χ1v) is 5.81. The Kier molecular flexibility index (Phi) is 8.67. The van der Waals surface area contributed by atoms with Gasteiger partial charge in [-0.15, -0.1) is 24.8 Å². The van der Waals surface area contributed by atoms with Gasteiger partial charge in [0.1, 0.15) is 6.10 Å². The van der Waals surface area contributed by atoms with Crippen LogP contribution in [-0.2, 0) is 9.53 Å². The van der Waals surface area contributed by atoms with E-state index in [1.807, 2.05) is 25.1 Å². The average molecular weight is 308 g/mol. The molecule has 1 aliphatic heterocycles. The Labute approximate surface area is 125 Å². The SMILES string of the molecule is CC(NC(=O)C1CNCCO1)c1ccccn1.Cl.Cl. The lowest BCUT2D eigenvalue weighted by molar-refractivity contribution is -0.134. The fourth-order valence-corrected chi connectivity index (χ4v) is 1.75. The molecule has 1 amide bonds. The zero-order valence-corrected chi connectivity index (χ0v) is 12.3. The van der Waals surface area contributed by atoms with E-state index in [2.05, 4.69) is 15.6 Å². The number of hydrogen-bond acceptors (Lipinski definition) is 4. The van der Waals surface area contributed by atoms with Crippen molar-refractivity contribution in [2.75, 3.05) is 19.7 Å². The van der Waals surface area contributed by atoms with Crippen molar-refractivity contribution in [1.82, 2.24) is 15.6 Å². The highest BCUT2D eigenvalue weighted by molar-refractivity contribution is 5.85. The monoisotopic (exact) mass is 307 g/mol. The van der Waals surface area contributed by atoms with Crippen molar-refractivity contribution in [1.29, 1.82) is 0 Å². The van der Waals surface area contributed by atoms with Gasteiger partial charge in [-0.3, -0.25) is 9.78 Å². The molecule has 19 heavy (non-hydrogen) atoms. The Morgan fingerprint density at radius 1 is 1.53 bits per heavy atom. The minimum atomic E-state index is -0.394. The number of morpholine rings is 1. The lowest BCUT2D eigenvalue weighted by Gasteiger charge is -2.24. The molecular formula is C12H19Cl2N3O2. The van der Waals surface area contributed by atoms with Gasteiger partial charge in [-0.2, -0.15) is 0 Å². The van der Waals surface area contributed by atoms with Crippen LogP contribution in [0.4, 0.5) is 0 Å². The van der Waals surface area contributed by atoms with Crippen LogP contribution in [-0.4, -0.2) is 36.7 Å². The van der Waals surface area contributed by atoms with E-state index in [0.29, 0.717) is 13.2 Å². The van der Waals surface area contributed by atoms with E-state index < -0.39 is 6.10 Å². The molecule has 0 bridgehead atoms. The van der Waals surface area contributed by atoms with E-state index in [9.17, 15) is 4.79 Å². The third-order valence-electron chi connectivity index (χ3n) is 2.71. The molecule has 2 atom stereocenters. The maximum Gasteiger partial charge on any atom is 0.250 e. The average Bonchev–Trinajstić information content (AvgIpc) is 2.40. The minimum Gasteiger partial charge on any atom is -0.366 e. The molecular weight excluding hydrogens is 289 g/mol. The molecule has 1 saturated heterocycles. The predicted molar refractivity (Wildman–Crippen MR) is 77.9 cm³/mol. The summed E-state index contributed by atoms with van der Waals surface area (Å²) in [6.45, 7) is 3.87. The summed E-state index contributed by atoms with van der Waals surface area (Å²) in [6, 6.07) is 5.55. The number of pyridine rings is 1. The maximum atomic E-state index is 11.9. The molecule has 0 aromatic carbocycles. The number of rotatable bonds is 3. The van der Waals surface area contributed by atoms with Crippen LogP contribution in [0, 0.1) is 0 Å². The highest BCUT2D eigenvalue weighted by Gasteiger charge is 2.23. The minimum absolute atomic E-state index is 0. The van der Waals surface area contributed by atoms with Gasteiger partial charge in [-0.25, -0.2) is 0 Å². The molecule has 1 aliphatic rings. The normalized spacial score (nSPS) is 19.5. The summed E-state index contributed by atoms with van der Waals surface area (Å²) in [6.07, 6.45) is 1.33. The number of nitrogens with one attached hydrogen (secondary N) is 2. The Morgan fingerprint density at radius 2 is 2.32 bits per heavy atom. The molecule has 2 rings (SSSR count). The molecule has 0 saturated carbocycles. The number of hydrogen-bond donors (Lipinski definition) is 2. The highest BCUT2D eigenvalue weighted by Crippen LogP contribution is 2.08. The van der Waals surface area contributed by atoms with Gasteiger partial charge in [0.15, 0.2) is 0 Å². The molecule has 0 spiro atoms. The molecule has 1 fully saturated rings. The summed E-state index contributed by atoms with van der Waals surface area (Å²) in [5, 5.41) is 6.03. The maximum absolute atomic E-state index is 11.9. The lowest BCUT2D eigenvalue weighted by Crippen LogP contribution is -2.48.